The van der Waals surface area contributed by atoms with E-state index >= 15 is 0 Å². The Bertz CT molecular complexity index is 356. The molecule has 0 unspecified atom stereocenters. The summed E-state index contributed by atoms with van der Waals surface area (Å²) in [5.74, 6) is 1.57. The van der Waals surface area contributed by atoms with E-state index in [-0.39, 0.29) is 5.54 Å². The zero-order valence-corrected chi connectivity index (χ0v) is 12.2. The highest BCUT2D eigenvalue weighted by molar-refractivity contribution is 7.09. The number of rotatable bonds is 4. The zero-order valence-electron chi connectivity index (χ0n) is 10.6. The fourth-order valence-corrected chi connectivity index (χ4v) is 3.49. The van der Waals surface area contributed by atoms with E-state index in [9.17, 15) is 0 Å². The summed E-state index contributed by atoms with van der Waals surface area (Å²) >= 11 is 7.91. The van der Waals surface area contributed by atoms with Gasteiger partial charge < -0.3 is 5.32 Å². The Balaban J connectivity index is 1.91. The van der Waals surface area contributed by atoms with E-state index in [1.165, 1.54) is 30.7 Å². The molecule has 4 heteroatoms. The van der Waals surface area contributed by atoms with Gasteiger partial charge in [-0.2, -0.15) is 0 Å². The van der Waals surface area contributed by atoms with Crippen LogP contribution >= 0.6 is 22.9 Å². The summed E-state index contributed by atoms with van der Waals surface area (Å²) in [6.45, 7) is 5.24. The topological polar surface area (TPSA) is 24.9 Å². The molecule has 1 heterocycles. The van der Waals surface area contributed by atoms with Crippen molar-refractivity contribution in [3.8, 4) is 0 Å². The van der Waals surface area contributed by atoms with Gasteiger partial charge in [0.25, 0.3) is 0 Å². The van der Waals surface area contributed by atoms with Gasteiger partial charge in [-0.25, -0.2) is 4.98 Å². The van der Waals surface area contributed by atoms with Crippen LogP contribution in [0, 0.1) is 12.8 Å². The van der Waals surface area contributed by atoms with Crippen molar-refractivity contribution >= 4 is 22.9 Å². The van der Waals surface area contributed by atoms with Crippen LogP contribution in [-0.2, 0) is 6.54 Å². The van der Waals surface area contributed by atoms with Crippen LogP contribution in [0.3, 0.4) is 0 Å². The van der Waals surface area contributed by atoms with Crippen LogP contribution in [0.4, 0.5) is 0 Å². The van der Waals surface area contributed by atoms with Crippen molar-refractivity contribution in [1.82, 2.24) is 10.3 Å². The molecule has 1 fully saturated rings. The monoisotopic (exact) mass is 272 g/mol. The molecule has 17 heavy (non-hydrogen) atoms. The van der Waals surface area contributed by atoms with Gasteiger partial charge in [0.1, 0.15) is 5.01 Å². The lowest BCUT2D eigenvalue weighted by molar-refractivity contribution is 0.216. The largest absolute Gasteiger partial charge is 0.304 e. The third-order valence-electron chi connectivity index (χ3n) is 3.77. The Morgan fingerprint density at radius 2 is 2.24 bits per heavy atom. The number of nitrogens with one attached hydrogen (secondary N) is 1. The van der Waals surface area contributed by atoms with Gasteiger partial charge in [0, 0.05) is 29.0 Å². The van der Waals surface area contributed by atoms with E-state index in [1.54, 1.807) is 11.3 Å². The summed E-state index contributed by atoms with van der Waals surface area (Å²) in [4.78, 5) is 4.49. The molecule has 0 amide bonds. The lowest BCUT2D eigenvalue weighted by Gasteiger charge is -2.38. The molecule has 2 rings (SSSR count). The number of hydrogen-bond donors (Lipinski definition) is 1. The molecule has 0 aromatic carbocycles. The molecular formula is C13H21ClN2S. The molecule has 1 aromatic rings. The van der Waals surface area contributed by atoms with Crippen LogP contribution in [0.25, 0.3) is 0 Å². The quantitative estimate of drug-likeness (QED) is 0.845. The minimum absolute atomic E-state index is 0.146. The lowest BCUT2D eigenvalue weighted by Crippen LogP contribution is -2.49. The molecule has 1 aliphatic carbocycles. The van der Waals surface area contributed by atoms with Crippen molar-refractivity contribution < 1.29 is 0 Å². The molecule has 1 aromatic heterocycles. The van der Waals surface area contributed by atoms with E-state index < -0.39 is 0 Å². The summed E-state index contributed by atoms with van der Waals surface area (Å²) in [6, 6.07) is 0. The van der Waals surface area contributed by atoms with Gasteiger partial charge in [-0.1, -0.05) is 6.92 Å². The van der Waals surface area contributed by atoms with Crippen LogP contribution in [0.5, 0.6) is 0 Å². The molecule has 2 nitrogen and oxygen atoms in total. The first-order chi connectivity index (χ1) is 8.13. The first-order valence-corrected chi connectivity index (χ1v) is 7.77. The number of alkyl halides is 1. The maximum atomic E-state index is 6.18. The van der Waals surface area contributed by atoms with Crippen LogP contribution in [0.15, 0.2) is 5.38 Å². The molecule has 1 saturated carbocycles. The van der Waals surface area contributed by atoms with E-state index in [0.29, 0.717) is 5.88 Å². The maximum Gasteiger partial charge on any atom is 0.107 e. The smallest absolute Gasteiger partial charge is 0.107 e. The van der Waals surface area contributed by atoms with Crippen LogP contribution in [0.2, 0.25) is 0 Å². The van der Waals surface area contributed by atoms with Crippen molar-refractivity contribution in [3.05, 3.63) is 16.1 Å². The Hall–Kier alpha value is -0.120. The molecule has 0 bridgehead atoms. The molecule has 1 N–H and O–H groups in total. The van der Waals surface area contributed by atoms with Gasteiger partial charge in [-0.15, -0.1) is 22.9 Å². The molecule has 0 aliphatic heterocycles. The number of hydrogen-bond acceptors (Lipinski definition) is 3. The minimum atomic E-state index is 0.146. The van der Waals surface area contributed by atoms with Gasteiger partial charge in [-0.05, 0) is 38.5 Å². The van der Waals surface area contributed by atoms with Crippen LogP contribution < -0.4 is 5.32 Å². The normalized spacial score (nSPS) is 29.5. The van der Waals surface area contributed by atoms with E-state index in [1.807, 2.05) is 6.92 Å². The van der Waals surface area contributed by atoms with Crippen molar-refractivity contribution in [1.29, 1.82) is 0 Å². The van der Waals surface area contributed by atoms with Crippen molar-refractivity contribution in [2.75, 3.05) is 5.88 Å². The van der Waals surface area contributed by atoms with E-state index in [0.717, 1.165) is 18.2 Å². The first kappa shape index (κ1) is 13.3. The van der Waals surface area contributed by atoms with Gasteiger partial charge in [0.2, 0.25) is 0 Å². The number of thiazole rings is 1. The standard InChI is InChI=1S/C13H21ClN2S/c1-10-3-5-13(9-14,6-4-10)15-7-12-16-11(2)8-17-12/h8,10,15H,3-7,9H2,1-2H3. The molecule has 96 valence electrons. The van der Waals surface area contributed by atoms with Gasteiger partial charge >= 0.3 is 0 Å². The third kappa shape index (κ3) is 3.43. The van der Waals surface area contributed by atoms with E-state index in [4.69, 9.17) is 11.6 Å². The van der Waals surface area contributed by atoms with Crippen molar-refractivity contribution in [2.24, 2.45) is 5.92 Å². The predicted octanol–water partition coefficient (Wildman–Crippen LogP) is 3.73. The highest BCUT2D eigenvalue weighted by atomic mass is 35.5. The average molecular weight is 273 g/mol. The predicted molar refractivity (Wildman–Crippen MR) is 74.8 cm³/mol. The summed E-state index contributed by atoms with van der Waals surface area (Å²) in [5.41, 5.74) is 1.26. The fourth-order valence-electron chi connectivity index (χ4n) is 2.42. The average Bonchev–Trinajstić information content (AvgIpc) is 2.75. The summed E-state index contributed by atoms with van der Waals surface area (Å²) in [6.07, 6.45) is 4.97. The number of nitrogens with zero attached hydrogens (tertiary/aromatic N) is 1. The Kier molecular flexibility index (Phi) is 4.45. The molecule has 0 spiro atoms. The molecule has 0 radical (unpaired) electrons. The second-order valence-corrected chi connectivity index (χ2v) is 6.54. The Morgan fingerprint density at radius 1 is 1.53 bits per heavy atom. The van der Waals surface area contributed by atoms with Gasteiger partial charge in [0.05, 0.1) is 0 Å². The zero-order chi connectivity index (χ0) is 12.3. The Morgan fingerprint density at radius 3 is 2.76 bits per heavy atom. The third-order valence-corrected chi connectivity index (χ3v) is 5.25. The summed E-state index contributed by atoms with van der Waals surface area (Å²) < 4.78 is 0. The summed E-state index contributed by atoms with van der Waals surface area (Å²) in [5, 5.41) is 6.93. The molecule has 1 aliphatic rings. The maximum absolute atomic E-state index is 6.18. The van der Waals surface area contributed by atoms with Crippen LogP contribution in [0.1, 0.15) is 43.3 Å². The molecule has 0 saturated heterocycles. The van der Waals surface area contributed by atoms with Crippen molar-refractivity contribution in [2.45, 2.75) is 51.6 Å². The van der Waals surface area contributed by atoms with Gasteiger partial charge in [-0.3, -0.25) is 0 Å². The Labute approximate surface area is 113 Å². The first-order valence-electron chi connectivity index (χ1n) is 6.35. The highest BCUT2D eigenvalue weighted by Crippen LogP contribution is 2.33. The second-order valence-electron chi connectivity index (χ2n) is 5.33. The van der Waals surface area contributed by atoms with Gasteiger partial charge in [0.15, 0.2) is 0 Å². The fraction of sp³-hybridized carbons (Fsp3) is 0.769. The van der Waals surface area contributed by atoms with Crippen LogP contribution in [-0.4, -0.2) is 16.4 Å². The lowest BCUT2D eigenvalue weighted by atomic mass is 9.78. The number of aryl methyl sites for hydroxylation is 1. The number of halogens is 1. The second kappa shape index (κ2) is 5.68. The number of aromatic nitrogens is 1. The highest BCUT2D eigenvalue weighted by Gasteiger charge is 2.32. The van der Waals surface area contributed by atoms with Crippen molar-refractivity contribution in [3.63, 3.8) is 0 Å². The van der Waals surface area contributed by atoms with E-state index in [2.05, 4.69) is 22.6 Å². The summed E-state index contributed by atoms with van der Waals surface area (Å²) in [7, 11) is 0. The minimum Gasteiger partial charge on any atom is -0.304 e. The molecular weight excluding hydrogens is 252 g/mol. The SMILES string of the molecule is Cc1csc(CNC2(CCl)CCC(C)CC2)n1. The molecule has 0 atom stereocenters.